The number of ether oxygens (including phenoxy) is 2. The van der Waals surface area contributed by atoms with Crippen molar-refractivity contribution in [2.75, 3.05) is 19.8 Å². The highest BCUT2D eigenvalue weighted by molar-refractivity contribution is 5.40. The molecule has 1 aliphatic rings. The summed E-state index contributed by atoms with van der Waals surface area (Å²) >= 11 is 0. The van der Waals surface area contributed by atoms with Crippen LogP contribution in [-0.4, -0.2) is 19.8 Å². The third-order valence-electron chi connectivity index (χ3n) is 3.19. The van der Waals surface area contributed by atoms with Crippen molar-refractivity contribution in [1.29, 1.82) is 0 Å². The fourth-order valence-corrected chi connectivity index (χ4v) is 2.25. The molecule has 0 saturated carbocycles. The summed E-state index contributed by atoms with van der Waals surface area (Å²) in [5, 5.41) is 0. The number of hydrogen-bond acceptors (Lipinski definition) is 3. The number of hydrogen-bond donors (Lipinski definition) is 1. The number of aryl methyl sites for hydroxylation is 1. The van der Waals surface area contributed by atoms with Gasteiger partial charge >= 0.3 is 0 Å². The van der Waals surface area contributed by atoms with Gasteiger partial charge in [-0.25, -0.2) is 0 Å². The van der Waals surface area contributed by atoms with Crippen molar-refractivity contribution >= 4 is 0 Å². The van der Waals surface area contributed by atoms with Crippen LogP contribution in [0.4, 0.5) is 0 Å². The molecule has 3 heteroatoms. The maximum atomic E-state index is 6.00. The summed E-state index contributed by atoms with van der Waals surface area (Å²) in [5.41, 5.74) is 8.62. The summed E-state index contributed by atoms with van der Waals surface area (Å²) in [6.45, 7) is 6.34. The lowest BCUT2D eigenvalue weighted by Crippen LogP contribution is -2.10. The third-order valence-corrected chi connectivity index (χ3v) is 3.19. The monoisotopic (exact) mass is 249 g/mol. The third kappa shape index (κ3) is 3.47. The standard InChI is InChI=1S/C15H23NO2/c1-11(2)10-17-7-8-18-13-4-5-14-12(9-13)3-6-15(14)16/h4-5,9,11,15H,3,6-8,10,16H2,1-2H3/t15-/m0/s1. The molecule has 3 nitrogen and oxygen atoms in total. The average Bonchev–Trinajstić information content (AvgIpc) is 2.70. The minimum absolute atomic E-state index is 0.212. The number of rotatable bonds is 6. The molecule has 18 heavy (non-hydrogen) atoms. The van der Waals surface area contributed by atoms with Crippen LogP contribution in [-0.2, 0) is 11.2 Å². The van der Waals surface area contributed by atoms with Gasteiger partial charge in [0.05, 0.1) is 6.61 Å². The van der Waals surface area contributed by atoms with Crippen LogP contribution in [0.1, 0.15) is 37.4 Å². The van der Waals surface area contributed by atoms with Gasteiger partial charge in [-0.15, -0.1) is 0 Å². The molecule has 1 aromatic carbocycles. The zero-order valence-electron chi connectivity index (χ0n) is 11.3. The van der Waals surface area contributed by atoms with E-state index < -0.39 is 0 Å². The van der Waals surface area contributed by atoms with E-state index in [2.05, 4.69) is 26.0 Å². The van der Waals surface area contributed by atoms with Crippen LogP contribution >= 0.6 is 0 Å². The average molecular weight is 249 g/mol. The molecule has 0 radical (unpaired) electrons. The second kappa shape index (κ2) is 6.21. The van der Waals surface area contributed by atoms with Gasteiger partial charge < -0.3 is 15.2 Å². The van der Waals surface area contributed by atoms with E-state index in [4.69, 9.17) is 15.2 Å². The Hall–Kier alpha value is -1.06. The van der Waals surface area contributed by atoms with Crippen LogP contribution in [0, 0.1) is 5.92 Å². The van der Waals surface area contributed by atoms with E-state index in [1.807, 2.05) is 6.07 Å². The van der Waals surface area contributed by atoms with Crippen LogP contribution in [0.5, 0.6) is 5.75 Å². The molecule has 0 unspecified atom stereocenters. The van der Waals surface area contributed by atoms with E-state index in [0.717, 1.165) is 25.2 Å². The Morgan fingerprint density at radius 3 is 2.94 bits per heavy atom. The molecular weight excluding hydrogens is 226 g/mol. The van der Waals surface area contributed by atoms with Crippen LogP contribution in [0.2, 0.25) is 0 Å². The number of nitrogens with two attached hydrogens (primary N) is 1. The lowest BCUT2D eigenvalue weighted by molar-refractivity contribution is 0.0819. The molecule has 0 amide bonds. The zero-order chi connectivity index (χ0) is 13.0. The van der Waals surface area contributed by atoms with E-state index in [-0.39, 0.29) is 6.04 Å². The van der Waals surface area contributed by atoms with Crippen molar-refractivity contribution in [1.82, 2.24) is 0 Å². The first-order valence-corrected chi connectivity index (χ1v) is 6.75. The second-order valence-corrected chi connectivity index (χ2v) is 5.32. The predicted octanol–water partition coefficient (Wildman–Crippen LogP) is 2.68. The molecule has 0 fully saturated rings. The Balaban J connectivity index is 1.77. The molecule has 0 saturated heterocycles. The molecular formula is C15H23NO2. The molecule has 0 spiro atoms. The Morgan fingerprint density at radius 2 is 2.17 bits per heavy atom. The summed E-state index contributed by atoms with van der Waals surface area (Å²) in [6, 6.07) is 6.43. The molecule has 1 atom stereocenters. The lowest BCUT2D eigenvalue weighted by atomic mass is 10.1. The van der Waals surface area contributed by atoms with Gasteiger partial charge in [0.2, 0.25) is 0 Å². The first-order valence-electron chi connectivity index (χ1n) is 6.75. The fourth-order valence-electron chi connectivity index (χ4n) is 2.25. The highest BCUT2D eigenvalue weighted by Crippen LogP contribution is 2.31. The van der Waals surface area contributed by atoms with Gasteiger partial charge in [-0.3, -0.25) is 0 Å². The number of benzene rings is 1. The first kappa shape index (κ1) is 13.4. The Labute approximate surface area is 109 Å². The summed E-state index contributed by atoms with van der Waals surface area (Å²) in [6.07, 6.45) is 2.12. The summed E-state index contributed by atoms with van der Waals surface area (Å²) < 4.78 is 11.2. The molecule has 1 aliphatic carbocycles. The van der Waals surface area contributed by atoms with Gasteiger partial charge in [0, 0.05) is 12.6 Å². The fraction of sp³-hybridized carbons (Fsp3) is 0.600. The molecule has 0 bridgehead atoms. The van der Waals surface area contributed by atoms with Crippen molar-refractivity contribution < 1.29 is 9.47 Å². The quantitative estimate of drug-likeness (QED) is 0.788. The first-order chi connectivity index (χ1) is 8.66. The smallest absolute Gasteiger partial charge is 0.119 e. The van der Waals surface area contributed by atoms with Crippen LogP contribution in [0.3, 0.4) is 0 Å². The lowest BCUT2D eigenvalue weighted by Gasteiger charge is -2.10. The van der Waals surface area contributed by atoms with Crippen molar-refractivity contribution in [2.45, 2.75) is 32.7 Å². The minimum atomic E-state index is 0.212. The Morgan fingerprint density at radius 1 is 1.33 bits per heavy atom. The molecule has 1 aromatic rings. The highest BCUT2D eigenvalue weighted by Gasteiger charge is 2.18. The van der Waals surface area contributed by atoms with Gasteiger partial charge in [0.1, 0.15) is 12.4 Å². The van der Waals surface area contributed by atoms with Crippen LogP contribution < -0.4 is 10.5 Å². The Kier molecular flexibility index (Phi) is 4.61. The molecule has 0 heterocycles. The van der Waals surface area contributed by atoms with Crippen molar-refractivity contribution in [2.24, 2.45) is 11.7 Å². The van der Waals surface area contributed by atoms with E-state index in [1.54, 1.807) is 0 Å². The van der Waals surface area contributed by atoms with Crippen molar-refractivity contribution in [3.05, 3.63) is 29.3 Å². The van der Waals surface area contributed by atoms with E-state index in [0.29, 0.717) is 19.1 Å². The second-order valence-electron chi connectivity index (χ2n) is 5.32. The van der Waals surface area contributed by atoms with Gasteiger partial charge in [-0.05, 0) is 42.0 Å². The Bertz CT molecular complexity index is 390. The molecule has 0 aromatic heterocycles. The number of fused-ring (bicyclic) bond motifs is 1. The maximum absolute atomic E-state index is 6.00. The summed E-state index contributed by atoms with van der Waals surface area (Å²) in [4.78, 5) is 0. The predicted molar refractivity (Wildman–Crippen MR) is 72.8 cm³/mol. The SMILES string of the molecule is CC(C)COCCOc1ccc2c(c1)CC[C@@H]2N. The zero-order valence-corrected chi connectivity index (χ0v) is 11.3. The van der Waals surface area contributed by atoms with Gasteiger partial charge in [-0.1, -0.05) is 19.9 Å². The van der Waals surface area contributed by atoms with Crippen LogP contribution in [0.15, 0.2) is 18.2 Å². The summed E-state index contributed by atoms with van der Waals surface area (Å²) in [7, 11) is 0. The van der Waals surface area contributed by atoms with Gasteiger partial charge in [0.15, 0.2) is 0 Å². The largest absolute Gasteiger partial charge is 0.491 e. The minimum Gasteiger partial charge on any atom is -0.491 e. The van der Waals surface area contributed by atoms with E-state index in [9.17, 15) is 0 Å². The normalized spacial score (nSPS) is 18.1. The molecule has 0 aliphatic heterocycles. The topological polar surface area (TPSA) is 44.5 Å². The molecule has 2 N–H and O–H groups in total. The molecule has 2 rings (SSSR count). The van der Waals surface area contributed by atoms with Gasteiger partial charge in [0.25, 0.3) is 0 Å². The van der Waals surface area contributed by atoms with E-state index in [1.165, 1.54) is 11.1 Å². The van der Waals surface area contributed by atoms with Crippen LogP contribution in [0.25, 0.3) is 0 Å². The maximum Gasteiger partial charge on any atom is 0.119 e. The highest BCUT2D eigenvalue weighted by atomic mass is 16.5. The van der Waals surface area contributed by atoms with E-state index >= 15 is 0 Å². The van der Waals surface area contributed by atoms with Crippen molar-refractivity contribution in [3.8, 4) is 5.75 Å². The summed E-state index contributed by atoms with van der Waals surface area (Å²) in [5.74, 6) is 1.50. The molecule has 100 valence electrons. The van der Waals surface area contributed by atoms with Crippen molar-refractivity contribution in [3.63, 3.8) is 0 Å². The van der Waals surface area contributed by atoms with Gasteiger partial charge in [-0.2, -0.15) is 0 Å².